The van der Waals surface area contributed by atoms with E-state index < -0.39 is 6.04 Å². The Balaban J connectivity index is 2.14. The number of ketones is 1. The third kappa shape index (κ3) is 4.25. The Morgan fingerprint density at radius 1 is 1.05 bits per heavy atom. The predicted molar refractivity (Wildman–Crippen MR) is 85.5 cm³/mol. The first-order chi connectivity index (χ1) is 10.6. The number of carbonyl (C=O) groups excluding carboxylic acids is 2. The number of carbonyl (C=O) groups is 2. The van der Waals surface area contributed by atoms with Crippen molar-refractivity contribution >= 4 is 11.7 Å². The molecule has 0 fully saturated rings. The second kappa shape index (κ2) is 7.50. The maximum absolute atomic E-state index is 12.4. The van der Waals surface area contributed by atoms with Gasteiger partial charge < -0.3 is 5.32 Å². The van der Waals surface area contributed by atoms with Crippen molar-refractivity contribution in [3.05, 3.63) is 66.0 Å². The van der Waals surface area contributed by atoms with Gasteiger partial charge in [0.15, 0.2) is 5.78 Å². The number of benzene rings is 1. The first-order valence-corrected chi connectivity index (χ1v) is 7.37. The number of aromatic nitrogens is 1. The zero-order valence-electron chi connectivity index (χ0n) is 12.8. The number of hydrogen-bond acceptors (Lipinski definition) is 3. The topological polar surface area (TPSA) is 59.1 Å². The van der Waals surface area contributed by atoms with Crippen molar-refractivity contribution in [2.75, 3.05) is 0 Å². The van der Waals surface area contributed by atoms with Gasteiger partial charge in [0.05, 0.1) is 6.04 Å². The minimum Gasteiger partial charge on any atom is -0.341 e. The van der Waals surface area contributed by atoms with Crippen LogP contribution < -0.4 is 5.32 Å². The Morgan fingerprint density at radius 3 is 2.32 bits per heavy atom. The summed E-state index contributed by atoms with van der Waals surface area (Å²) >= 11 is 0. The highest BCUT2D eigenvalue weighted by Gasteiger charge is 2.24. The second-order valence-corrected chi connectivity index (χ2v) is 5.49. The summed E-state index contributed by atoms with van der Waals surface area (Å²) in [6, 6.07) is 14.3. The van der Waals surface area contributed by atoms with Gasteiger partial charge in [0.2, 0.25) is 0 Å². The lowest BCUT2D eigenvalue weighted by Gasteiger charge is -2.19. The zero-order valence-corrected chi connectivity index (χ0v) is 12.8. The van der Waals surface area contributed by atoms with Crippen LogP contribution in [-0.4, -0.2) is 22.7 Å². The average Bonchev–Trinajstić information content (AvgIpc) is 2.55. The lowest BCUT2D eigenvalue weighted by atomic mass is 9.95. The van der Waals surface area contributed by atoms with Crippen LogP contribution >= 0.6 is 0 Å². The Labute approximate surface area is 130 Å². The molecule has 0 aliphatic carbocycles. The maximum Gasteiger partial charge on any atom is 0.270 e. The molecular formula is C18H20N2O2. The van der Waals surface area contributed by atoms with Crippen molar-refractivity contribution < 1.29 is 9.59 Å². The van der Waals surface area contributed by atoms with Gasteiger partial charge in [-0.1, -0.05) is 50.2 Å². The standard InChI is InChI=1S/C18H20N2O2/c1-13(2)17(21)16(12-14-8-4-3-5-9-14)20-18(22)15-10-6-7-11-19-15/h3-11,13,16H,12H2,1-2H3,(H,20,22)/t16-/m0/s1. The van der Waals surface area contributed by atoms with E-state index in [2.05, 4.69) is 10.3 Å². The molecule has 0 saturated heterocycles. The van der Waals surface area contributed by atoms with Gasteiger partial charge in [-0.15, -0.1) is 0 Å². The van der Waals surface area contributed by atoms with E-state index in [0.717, 1.165) is 5.56 Å². The highest BCUT2D eigenvalue weighted by Crippen LogP contribution is 2.09. The Hall–Kier alpha value is -2.49. The normalized spacial score (nSPS) is 12.0. The lowest BCUT2D eigenvalue weighted by Crippen LogP contribution is -2.44. The summed E-state index contributed by atoms with van der Waals surface area (Å²) in [6.07, 6.45) is 2.04. The smallest absolute Gasteiger partial charge is 0.270 e. The summed E-state index contributed by atoms with van der Waals surface area (Å²) < 4.78 is 0. The van der Waals surface area contributed by atoms with E-state index in [1.165, 1.54) is 0 Å². The van der Waals surface area contributed by atoms with E-state index in [-0.39, 0.29) is 17.6 Å². The molecule has 0 spiro atoms. The first kappa shape index (κ1) is 15.9. The average molecular weight is 296 g/mol. The van der Waals surface area contributed by atoms with Gasteiger partial charge in [-0.05, 0) is 24.1 Å². The van der Waals surface area contributed by atoms with E-state index in [1.807, 2.05) is 44.2 Å². The summed E-state index contributed by atoms with van der Waals surface area (Å²) in [4.78, 5) is 28.6. The van der Waals surface area contributed by atoms with E-state index >= 15 is 0 Å². The number of rotatable bonds is 6. The minimum atomic E-state index is -0.545. The van der Waals surface area contributed by atoms with Crippen LogP contribution in [0.2, 0.25) is 0 Å². The zero-order chi connectivity index (χ0) is 15.9. The molecule has 1 heterocycles. The fourth-order valence-electron chi connectivity index (χ4n) is 2.20. The fourth-order valence-corrected chi connectivity index (χ4v) is 2.20. The first-order valence-electron chi connectivity index (χ1n) is 7.37. The summed E-state index contributed by atoms with van der Waals surface area (Å²) in [5.74, 6) is -0.443. The molecule has 1 aromatic heterocycles. The van der Waals surface area contributed by atoms with Gasteiger partial charge in [0, 0.05) is 12.1 Å². The number of Topliss-reactive ketones (excluding diaryl/α,β-unsaturated/α-hetero) is 1. The Bertz CT molecular complexity index is 624. The minimum absolute atomic E-state index is 0.0214. The quantitative estimate of drug-likeness (QED) is 0.891. The summed E-state index contributed by atoms with van der Waals surface area (Å²) in [5.41, 5.74) is 1.33. The fraction of sp³-hybridized carbons (Fsp3) is 0.278. The molecule has 4 nitrogen and oxygen atoms in total. The molecule has 114 valence electrons. The van der Waals surface area contributed by atoms with Crippen molar-refractivity contribution in [2.24, 2.45) is 5.92 Å². The number of pyridine rings is 1. The van der Waals surface area contributed by atoms with E-state index in [4.69, 9.17) is 0 Å². The van der Waals surface area contributed by atoms with Gasteiger partial charge in [-0.2, -0.15) is 0 Å². The molecule has 0 bridgehead atoms. The van der Waals surface area contributed by atoms with Crippen LogP contribution in [0.25, 0.3) is 0 Å². The summed E-state index contributed by atoms with van der Waals surface area (Å²) in [5, 5.41) is 2.81. The molecule has 1 aromatic carbocycles. The lowest BCUT2D eigenvalue weighted by molar-refractivity contribution is -0.123. The van der Waals surface area contributed by atoms with Crippen LogP contribution in [0.4, 0.5) is 0 Å². The van der Waals surface area contributed by atoms with E-state index in [0.29, 0.717) is 12.1 Å². The van der Waals surface area contributed by atoms with Crippen LogP contribution in [0.15, 0.2) is 54.7 Å². The largest absolute Gasteiger partial charge is 0.341 e. The Morgan fingerprint density at radius 2 is 1.73 bits per heavy atom. The molecule has 0 saturated carbocycles. The van der Waals surface area contributed by atoms with Crippen molar-refractivity contribution in [3.63, 3.8) is 0 Å². The van der Waals surface area contributed by atoms with Crippen molar-refractivity contribution in [3.8, 4) is 0 Å². The highest BCUT2D eigenvalue weighted by atomic mass is 16.2. The summed E-state index contributed by atoms with van der Waals surface area (Å²) in [6.45, 7) is 3.68. The molecule has 0 unspecified atom stereocenters. The molecule has 1 atom stereocenters. The molecule has 1 amide bonds. The number of amides is 1. The molecule has 2 rings (SSSR count). The van der Waals surface area contributed by atoms with Crippen molar-refractivity contribution in [1.82, 2.24) is 10.3 Å². The second-order valence-electron chi connectivity index (χ2n) is 5.49. The maximum atomic E-state index is 12.4. The molecule has 4 heteroatoms. The van der Waals surface area contributed by atoms with Crippen molar-refractivity contribution in [2.45, 2.75) is 26.3 Å². The number of nitrogens with zero attached hydrogens (tertiary/aromatic N) is 1. The molecule has 2 aromatic rings. The third-order valence-corrected chi connectivity index (χ3v) is 3.40. The third-order valence-electron chi connectivity index (χ3n) is 3.40. The van der Waals surface area contributed by atoms with Crippen LogP contribution in [0.3, 0.4) is 0 Å². The molecule has 0 aliphatic heterocycles. The van der Waals surface area contributed by atoms with Crippen molar-refractivity contribution in [1.29, 1.82) is 0 Å². The molecule has 22 heavy (non-hydrogen) atoms. The van der Waals surface area contributed by atoms with Gasteiger partial charge in [-0.25, -0.2) is 0 Å². The molecule has 0 aliphatic rings. The van der Waals surface area contributed by atoms with Gasteiger partial charge in [0.1, 0.15) is 5.69 Å². The van der Waals surface area contributed by atoms with Gasteiger partial charge in [0.25, 0.3) is 5.91 Å². The van der Waals surface area contributed by atoms with Gasteiger partial charge >= 0.3 is 0 Å². The van der Waals surface area contributed by atoms with Crippen LogP contribution in [0, 0.1) is 5.92 Å². The van der Waals surface area contributed by atoms with Crippen LogP contribution in [0.5, 0.6) is 0 Å². The van der Waals surface area contributed by atoms with Crippen LogP contribution in [-0.2, 0) is 11.2 Å². The number of nitrogens with one attached hydrogen (secondary N) is 1. The Kier molecular flexibility index (Phi) is 5.42. The van der Waals surface area contributed by atoms with E-state index in [1.54, 1.807) is 24.4 Å². The molecule has 0 radical (unpaired) electrons. The predicted octanol–water partition coefficient (Wildman–Crippen LogP) is 2.65. The monoisotopic (exact) mass is 296 g/mol. The van der Waals surface area contributed by atoms with E-state index in [9.17, 15) is 9.59 Å². The molecular weight excluding hydrogens is 276 g/mol. The number of hydrogen-bond donors (Lipinski definition) is 1. The molecule has 1 N–H and O–H groups in total. The van der Waals surface area contributed by atoms with Crippen LogP contribution in [0.1, 0.15) is 29.9 Å². The summed E-state index contributed by atoms with van der Waals surface area (Å²) in [7, 11) is 0. The highest BCUT2D eigenvalue weighted by molar-refractivity contribution is 5.97. The SMILES string of the molecule is CC(C)C(=O)[C@H](Cc1ccccc1)NC(=O)c1ccccn1. The van der Waals surface area contributed by atoms with Gasteiger partial charge in [-0.3, -0.25) is 14.6 Å².